The molecule has 1 rings (SSSR count). The second-order valence-corrected chi connectivity index (χ2v) is 4.13. The summed E-state index contributed by atoms with van der Waals surface area (Å²) in [4.78, 5) is 21.2. The molecule has 0 amide bonds. The molecule has 0 aromatic heterocycles. The molecule has 1 aromatic rings. The fourth-order valence-corrected chi connectivity index (χ4v) is 1.49. The molecule has 0 saturated carbocycles. The van der Waals surface area contributed by atoms with E-state index >= 15 is 0 Å². The number of rotatable bonds is 4. The van der Waals surface area contributed by atoms with Gasteiger partial charge in [-0.1, -0.05) is 0 Å². The van der Waals surface area contributed by atoms with Crippen LogP contribution in [0.4, 0.5) is 10.1 Å². The lowest BCUT2D eigenvalue weighted by atomic mass is 10.3. The van der Waals surface area contributed by atoms with Crippen LogP contribution in [0.5, 0.6) is 5.75 Å². The van der Waals surface area contributed by atoms with Crippen LogP contribution in [0.15, 0.2) is 16.6 Å². The SMILES string of the molecule is COC(=O)[C@@H](C)Oc1cc(F)c(Br)cc1[N+](=O)[O-]. The first kappa shape index (κ1) is 14.4. The Balaban J connectivity index is 3.11. The van der Waals surface area contributed by atoms with E-state index < -0.39 is 28.5 Å². The van der Waals surface area contributed by atoms with E-state index in [9.17, 15) is 19.3 Å². The minimum atomic E-state index is -1.07. The number of hydrogen-bond donors (Lipinski definition) is 0. The van der Waals surface area contributed by atoms with Crippen LogP contribution in [0, 0.1) is 15.9 Å². The topological polar surface area (TPSA) is 78.7 Å². The largest absolute Gasteiger partial charge is 0.472 e. The van der Waals surface area contributed by atoms with Gasteiger partial charge in [-0.15, -0.1) is 0 Å². The molecule has 0 radical (unpaired) electrons. The van der Waals surface area contributed by atoms with Gasteiger partial charge in [-0.3, -0.25) is 10.1 Å². The van der Waals surface area contributed by atoms with Gasteiger partial charge >= 0.3 is 11.7 Å². The zero-order valence-corrected chi connectivity index (χ0v) is 11.1. The highest BCUT2D eigenvalue weighted by Gasteiger charge is 2.23. The quantitative estimate of drug-likeness (QED) is 0.483. The average Bonchev–Trinajstić information content (AvgIpc) is 2.31. The second kappa shape index (κ2) is 5.76. The molecular weight excluding hydrogens is 313 g/mol. The van der Waals surface area contributed by atoms with E-state index in [2.05, 4.69) is 20.7 Å². The molecule has 8 heteroatoms. The maximum Gasteiger partial charge on any atom is 0.346 e. The third-order valence-corrected chi connectivity index (χ3v) is 2.64. The molecule has 0 aliphatic rings. The van der Waals surface area contributed by atoms with E-state index in [1.54, 1.807) is 0 Å². The highest BCUT2D eigenvalue weighted by atomic mass is 79.9. The molecule has 0 spiro atoms. The molecule has 0 saturated heterocycles. The molecule has 0 bridgehead atoms. The van der Waals surface area contributed by atoms with E-state index in [1.165, 1.54) is 6.92 Å². The van der Waals surface area contributed by atoms with E-state index in [0.29, 0.717) is 0 Å². The van der Waals surface area contributed by atoms with Crippen molar-refractivity contribution >= 4 is 27.6 Å². The van der Waals surface area contributed by atoms with Crippen LogP contribution >= 0.6 is 15.9 Å². The van der Waals surface area contributed by atoms with Crippen LogP contribution in [0.1, 0.15) is 6.92 Å². The van der Waals surface area contributed by atoms with E-state index in [1.807, 2.05) is 0 Å². The Morgan fingerprint density at radius 3 is 2.67 bits per heavy atom. The first-order valence-electron chi connectivity index (χ1n) is 4.74. The predicted octanol–water partition coefficient (Wildman–Crippen LogP) is 2.44. The number of carbonyl (C=O) groups is 1. The summed E-state index contributed by atoms with van der Waals surface area (Å²) in [6.07, 6.45) is -1.07. The summed E-state index contributed by atoms with van der Waals surface area (Å²) in [5.41, 5.74) is -0.445. The molecule has 0 aliphatic heterocycles. The van der Waals surface area contributed by atoms with Crippen LogP contribution in [0.3, 0.4) is 0 Å². The number of hydrogen-bond acceptors (Lipinski definition) is 5. The highest BCUT2D eigenvalue weighted by molar-refractivity contribution is 9.10. The number of nitro groups is 1. The van der Waals surface area contributed by atoms with Gasteiger partial charge in [-0.05, 0) is 22.9 Å². The van der Waals surface area contributed by atoms with Crippen LogP contribution in [-0.4, -0.2) is 24.1 Å². The van der Waals surface area contributed by atoms with Gasteiger partial charge in [0.2, 0.25) is 5.75 Å². The minimum absolute atomic E-state index is 0.0627. The standard InChI is InChI=1S/C10H9BrFNO5/c1-5(10(14)17-2)18-9-4-7(12)6(11)3-8(9)13(15)16/h3-5H,1-2H3/t5-/m1/s1. The van der Waals surface area contributed by atoms with E-state index in [4.69, 9.17) is 4.74 Å². The Hall–Kier alpha value is -1.70. The minimum Gasteiger partial charge on any atom is -0.472 e. The monoisotopic (exact) mass is 321 g/mol. The zero-order valence-electron chi connectivity index (χ0n) is 9.48. The maximum absolute atomic E-state index is 13.3. The molecule has 0 unspecified atom stereocenters. The van der Waals surface area contributed by atoms with Crippen LogP contribution < -0.4 is 4.74 Å². The van der Waals surface area contributed by atoms with Gasteiger partial charge < -0.3 is 9.47 Å². The normalized spacial score (nSPS) is 11.8. The van der Waals surface area contributed by atoms with Crippen molar-refractivity contribution in [3.05, 3.63) is 32.5 Å². The number of benzene rings is 1. The molecule has 1 aromatic carbocycles. The summed E-state index contributed by atoms with van der Waals surface area (Å²) < 4.78 is 22.6. The number of nitro benzene ring substituents is 1. The van der Waals surface area contributed by atoms with Gasteiger partial charge in [0, 0.05) is 12.1 Å². The summed E-state index contributed by atoms with van der Waals surface area (Å²) in [6, 6.07) is 1.80. The van der Waals surface area contributed by atoms with Crippen LogP contribution in [0.25, 0.3) is 0 Å². The Morgan fingerprint density at radius 2 is 2.17 bits per heavy atom. The van der Waals surface area contributed by atoms with Crippen molar-refractivity contribution in [3.63, 3.8) is 0 Å². The fraction of sp³-hybridized carbons (Fsp3) is 0.300. The van der Waals surface area contributed by atoms with Crippen molar-refractivity contribution in [3.8, 4) is 5.75 Å². The maximum atomic E-state index is 13.3. The molecule has 98 valence electrons. The second-order valence-electron chi connectivity index (χ2n) is 3.27. The Bertz CT molecular complexity index is 493. The summed E-state index contributed by atoms with van der Waals surface area (Å²) in [5.74, 6) is -1.78. The molecule has 0 heterocycles. The highest BCUT2D eigenvalue weighted by Crippen LogP contribution is 2.33. The lowest BCUT2D eigenvalue weighted by molar-refractivity contribution is -0.386. The average molecular weight is 322 g/mol. The number of carbonyl (C=O) groups excluding carboxylic acids is 1. The van der Waals surface area contributed by atoms with Crippen molar-refractivity contribution in [2.75, 3.05) is 7.11 Å². The van der Waals surface area contributed by atoms with E-state index in [0.717, 1.165) is 19.2 Å². The van der Waals surface area contributed by atoms with Gasteiger partial charge in [-0.25, -0.2) is 9.18 Å². The first-order chi connectivity index (χ1) is 8.36. The number of halogens is 2. The first-order valence-corrected chi connectivity index (χ1v) is 5.54. The van der Waals surface area contributed by atoms with E-state index in [-0.39, 0.29) is 10.2 Å². The predicted molar refractivity (Wildman–Crippen MR) is 62.9 cm³/mol. The molecule has 0 N–H and O–H groups in total. The van der Waals surface area contributed by atoms with Crippen molar-refractivity contribution in [1.82, 2.24) is 0 Å². The molecule has 18 heavy (non-hydrogen) atoms. The van der Waals surface area contributed by atoms with Gasteiger partial charge in [0.05, 0.1) is 16.5 Å². The molecule has 0 aliphatic carbocycles. The summed E-state index contributed by atoms with van der Waals surface area (Å²) >= 11 is 2.83. The number of methoxy groups -OCH3 is 1. The summed E-state index contributed by atoms with van der Waals surface area (Å²) in [7, 11) is 1.15. The summed E-state index contributed by atoms with van der Waals surface area (Å²) in [6.45, 7) is 1.34. The Kier molecular flexibility index (Phi) is 4.60. The van der Waals surface area contributed by atoms with Crippen molar-refractivity contribution in [2.45, 2.75) is 13.0 Å². The van der Waals surface area contributed by atoms with Gasteiger partial charge in [0.15, 0.2) is 6.10 Å². The van der Waals surface area contributed by atoms with Crippen molar-refractivity contribution < 1.29 is 23.6 Å². The Morgan fingerprint density at radius 1 is 1.56 bits per heavy atom. The number of esters is 1. The van der Waals surface area contributed by atoms with Crippen molar-refractivity contribution in [1.29, 1.82) is 0 Å². The fourth-order valence-electron chi connectivity index (χ4n) is 1.16. The third kappa shape index (κ3) is 3.16. The molecule has 6 nitrogen and oxygen atoms in total. The number of nitrogens with zero attached hydrogens (tertiary/aromatic N) is 1. The van der Waals surface area contributed by atoms with Gasteiger partial charge in [-0.2, -0.15) is 0 Å². The smallest absolute Gasteiger partial charge is 0.346 e. The van der Waals surface area contributed by atoms with Crippen LogP contribution in [0.2, 0.25) is 0 Å². The van der Waals surface area contributed by atoms with Gasteiger partial charge in [0.25, 0.3) is 0 Å². The van der Waals surface area contributed by atoms with Crippen molar-refractivity contribution in [2.24, 2.45) is 0 Å². The van der Waals surface area contributed by atoms with Crippen LogP contribution in [-0.2, 0) is 9.53 Å². The lowest BCUT2D eigenvalue weighted by Crippen LogP contribution is -2.25. The molecule has 0 fully saturated rings. The Labute approximate surface area is 110 Å². The lowest BCUT2D eigenvalue weighted by Gasteiger charge is -2.12. The molecular formula is C10H9BrFNO5. The molecule has 1 atom stereocenters. The number of ether oxygens (including phenoxy) is 2. The zero-order chi connectivity index (χ0) is 13.9. The van der Waals surface area contributed by atoms with Gasteiger partial charge in [0.1, 0.15) is 5.82 Å². The summed E-state index contributed by atoms with van der Waals surface area (Å²) in [5, 5.41) is 10.8. The third-order valence-electron chi connectivity index (χ3n) is 2.04.